The summed E-state index contributed by atoms with van der Waals surface area (Å²) in [7, 11) is 0. The SMILES string of the molecule is Cc1ncc(-c2ccc(=O)n(C3CCCC3)c2)nc1-c1cc(-c2ccc(CNC(C)(C)CO)cc2)no1. The van der Waals surface area contributed by atoms with Crippen LogP contribution in [0.3, 0.4) is 0 Å². The molecule has 3 aromatic heterocycles. The molecular formula is C29H33N5O3. The van der Waals surface area contributed by atoms with Gasteiger partial charge in [-0.1, -0.05) is 42.3 Å². The highest BCUT2D eigenvalue weighted by atomic mass is 16.5. The molecule has 0 unspecified atom stereocenters. The van der Waals surface area contributed by atoms with Gasteiger partial charge in [-0.2, -0.15) is 0 Å². The lowest BCUT2D eigenvalue weighted by Gasteiger charge is -2.23. The van der Waals surface area contributed by atoms with Gasteiger partial charge in [0.1, 0.15) is 11.4 Å². The average molecular weight is 500 g/mol. The number of hydrogen-bond donors (Lipinski definition) is 2. The Hall–Kier alpha value is -3.62. The van der Waals surface area contributed by atoms with Gasteiger partial charge in [0.25, 0.3) is 5.56 Å². The van der Waals surface area contributed by atoms with Crippen molar-refractivity contribution in [2.45, 2.75) is 64.6 Å². The van der Waals surface area contributed by atoms with E-state index in [4.69, 9.17) is 9.51 Å². The van der Waals surface area contributed by atoms with Crippen molar-refractivity contribution in [3.8, 4) is 34.0 Å². The molecular weight excluding hydrogens is 466 g/mol. The summed E-state index contributed by atoms with van der Waals surface area (Å²) >= 11 is 0. The van der Waals surface area contributed by atoms with Gasteiger partial charge in [-0.15, -0.1) is 0 Å². The van der Waals surface area contributed by atoms with E-state index in [-0.39, 0.29) is 23.7 Å². The predicted molar refractivity (Wildman–Crippen MR) is 143 cm³/mol. The molecule has 0 spiro atoms. The molecule has 5 rings (SSSR count). The molecule has 3 heterocycles. The number of aliphatic hydroxyl groups is 1. The fourth-order valence-electron chi connectivity index (χ4n) is 4.66. The van der Waals surface area contributed by atoms with Crippen LogP contribution in [0.4, 0.5) is 0 Å². The minimum atomic E-state index is -0.332. The molecule has 8 heteroatoms. The summed E-state index contributed by atoms with van der Waals surface area (Å²) in [6.45, 7) is 6.55. The second kappa shape index (κ2) is 10.4. The van der Waals surface area contributed by atoms with E-state index in [2.05, 4.69) is 15.5 Å². The van der Waals surface area contributed by atoms with Gasteiger partial charge in [-0.3, -0.25) is 9.78 Å². The third kappa shape index (κ3) is 5.55. The molecule has 0 amide bonds. The standard InChI is InChI=1S/C29H33N5O3/c1-19-28(32-25(16-30-19)22-12-13-27(36)34(17-22)23-6-4-5-7-23)26-14-24(33-37-26)21-10-8-20(9-11-21)15-31-29(2,3)18-35/h8-14,16-17,23,31,35H,4-7,15,18H2,1-3H3. The number of aromatic nitrogens is 4. The Labute approximate surface area is 216 Å². The molecule has 8 nitrogen and oxygen atoms in total. The predicted octanol–water partition coefficient (Wildman–Crippen LogP) is 4.91. The van der Waals surface area contributed by atoms with E-state index in [0.717, 1.165) is 48.1 Å². The van der Waals surface area contributed by atoms with Gasteiger partial charge in [0.2, 0.25) is 0 Å². The van der Waals surface area contributed by atoms with E-state index in [1.165, 1.54) is 0 Å². The maximum Gasteiger partial charge on any atom is 0.250 e. The van der Waals surface area contributed by atoms with E-state index < -0.39 is 0 Å². The monoisotopic (exact) mass is 499 g/mol. The number of nitrogens with one attached hydrogen (secondary N) is 1. The Bertz CT molecular complexity index is 1430. The topological polar surface area (TPSA) is 106 Å². The van der Waals surface area contributed by atoms with E-state index in [1.54, 1.807) is 18.3 Å². The molecule has 1 aromatic carbocycles. The Morgan fingerprint density at radius 3 is 2.54 bits per heavy atom. The number of rotatable bonds is 8. The molecule has 1 saturated carbocycles. The maximum absolute atomic E-state index is 12.5. The normalized spacial score (nSPS) is 14.4. The summed E-state index contributed by atoms with van der Waals surface area (Å²) in [4.78, 5) is 21.9. The highest BCUT2D eigenvalue weighted by molar-refractivity contribution is 5.68. The van der Waals surface area contributed by atoms with Gasteiger partial charge < -0.3 is 19.5 Å². The third-order valence-corrected chi connectivity index (χ3v) is 7.07. The van der Waals surface area contributed by atoms with Crippen LogP contribution in [0.5, 0.6) is 0 Å². The molecule has 37 heavy (non-hydrogen) atoms. The first kappa shape index (κ1) is 25.0. The maximum atomic E-state index is 12.5. The van der Waals surface area contributed by atoms with Crippen LogP contribution in [0.2, 0.25) is 0 Å². The summed E-state index contributed by atoms with van der Waals surface area (Å²) in [5, 5.41) is 17.0. The van der Waals surface area contributed by atoms with Crippen molar-refractivity contribution in [2.24, 2.45) is 0 Å². The zero-order chi connectivity index (χ0) is 26.0. The van der Waals surface area contributed by atoms with E-state index in [9.17, 15) is 9.90 Å². The second-order valence-electron chi connectivity index (χ2n) is 10.5. The molecule has 2 N–H and O–H groups in total. The number of pyridine rings is 1. The molecule has 1 aliphatic carbocycles. The highest BCUT2D eigenvalue weighted by Crippen LogP contribution is 2.31. The lowest BCUT2D eigenvalue weighted by atomic mass is 10.1. The minimum absolute atomic E-state index is 0.0229. The fraction of sp³-hybridized carbons (Fsp3) is 0.379. The Balaban J connectivity index is 1.38. The van der Waals surface area contributed by atoms with Crippen LogP contribution in [0.15, 0.2) is 64.2 Å². The van der Waals surface area contributed by atoms with Crippen molar-refractivity contribution in [1.29, 1.82) is 0 Å². The van der Waals surface area contributed by atoms with Crippen LogP contribution in [0, 0.1) is 6.92 Å². The van der Waals surface area contributed by atoms with Crippen LogP contribution in [0.25, 0.3) is 34.0 Å². The molecule has 0 aliphatic heterocycles. The van der Waals surface area contributed by atoms with Crippen molar-refractivity contribution in [3.05, 3.63) is 76.5 Å². The van der Waals surface area contributed by atoms with Crippen LogP contribution in [-0.4, -0.2) is 36.9 Å². The first-order valence-corrected chi connectivity index (χ1v) is 12.8. The van der Waals surface area contributed by atoms with Crippen LogP contribution in [-0.2, 0) is 6.54 Å². The summed E-state index contributed by atoms with van der Waals surface area (Å²) in [5.41, 5.74) is 5.36. The summed E-state index contributed by atoms with van der Waals surface area (Å²) in [6, 6.07) is 13.6. The highest BCUT2D eigenvalue weighted by Gasteiger charge is 2.20. The van der Waals surface area contributed by atoms with Crippen molar-refractivity contribution in [1.82, 2.24) is 25.0 Å². The zero-order valence-electron chi connectivity index (χ0n) is 21.6. The second-order valence-corrected chi connectivity index (χ2v) is 10.5. The largest absolute Gasteiger partial charge is 0.394 e. The van der Waals surface area contributed by atoms with E-state index >= 15 is 0 Å². The lowest BCUT2D eigenvalue weighted by molar-refractivity contribution is 0.187. The fourth-order valence-corrected chi connectivity index (χ4v) is 4.66. The lowest BCUT2D eigenvalue weighted by Crippen LogP contribution is -2.42. The third-order valence-electron chi connectivity index (χ3n) is 7.07. The quantitative estimate of drug-likeness (QED) is 0.355. The van der Waals surface area contributed by atoms with Crippen LogP contribution < -0.4 is 10.9 Å². The van der Waals surface area contributed by atoms with E-state index in [0.29, 0.717) is 29.4 Å². The molecule has 0 bridgehead atoms. The molecule has 1 fully saturated rings. The molecule has 4 aromatic rings. The summed E-state index contributed by atoms with van der Waals surface area (Å²) in [5.74, 6) is 0.543. The number of benzene rings is 1. The van der Waals surface area contributed by atoms with Gasteiger partial charge in [-0.25, -0.2) is 4.98 Å². The van der Waals surface area contributed by atoms with Crippen molar-refractivity contribution < 1.29 is 9.63 Å². The van der Waals surface area contributed by atoms with Gasteiger partial charge >= 0.3 is 0 Å². The summed E-state index contributed by atoms with van der Waals surface area (Å²) in [6.07, 6.45) is 8.03. The number of nitrogens with zero attached hydrogens (tertiary/aromatic N) is 4. The van der Waals surface area contributed by atoms with Gasteiger partial charge in [0, 0.05) is 47.6 Å². The molecule has 0 saturated heterocycles. The summed E-state index contributed by atoms with van der Waals surface area (Å²) < 4.78 is 7.54. The number of aryl methyl sites for hydroxylation is 1. The average Bonchev–Trinajstić information content (AvgIpc) is 3.62. The molecule has 0 atom stereocenters. The smallest absolute Gasteiger partial charge is 0.250 e. The van der Waals surface area contributed by atoms with Gasteiger partial charge in [0.15, 0.2) is 5.76 Å². The van der Waals surface area contributed by atoms with Gasteiger partial charge in [0.05, 0.1) is 24.2 Å². The van der Waals surface area contributed by atoms with Crippen LogP contribution >= 0.6 is 0 Å². The Morgan fingerprint density at radius 2 is 1.81 bits per heavy atom. The van der Waals surface area contributed by atoms with Crippen molar-refractivity contribution in [3.63, 3.8) is 0 Å². The van der Waals surface area contributed by atoms with E-state index in [1.807, 2.05) is 61.9 Å². The van der Waals surface area contributed by atoms with Crippen LogP contribution in [0.1, 0.15) is 56.8 Å². The minimum Gasteiger partial charge on any atom is -0.394 e. The number of aliphatic hydroxyl groups excluding tert-OH is 1. The van der Waals surface area contributed by atoms with Gasteiger partial charge in [-0.05, 0) is 45.2 Å². The number of hydrogen-bond acceptors (Lipinski definition) is 7. The molecule has 0 radical (unpaired) electrons. The zero-order valence-corrected chi connectivity index (χ0v) is 21.6. The Morgan fingerprint density at radius 1 is 1.08 bits per heavy atom. The Kier molecular flexibility index (Phi) is 7.04. The first-order chi connectivity index (χ1) is 17.8. The first-order valence-electron chi connectivity index (χ1n) is 12.8. The molecule has 1 aliphatic rings. The molecule has 192 valence electrons. The van der Waals surface area contributed by atoms with Crippen molar-refractivity contribution in [2.75, 3.05) is 6.61 Å². The van der Waals surface area contributed by atoms with Crippen molar-refractivity contribution >= 4 is 0 Å².